The van der Waals surface area contributed by atoms with Crippen molar-refractivity contribution in [2.45, 2.75) is 24.3 Å². The second-order valence-corrected chi connectivity index (χ2v) is 5.47. The van der Waals surface area contributed by atoms with Crippen molar-refractivity contribution >= 4 is 17.7 Å². The Bertz CT molecular complexity index is 494. The SMILES string of the molecule is Cn1ccnc(SCC2(CC(=O)O)CC2)c1=O. The molecule has 17 heavy (non-hydrogen) atoms. The fourth-order valence-corrected chi connectivity index (χ4v) is 2.90. The molecule has 1 N–H and O–H groups in total. The summed E-state index contributed by atoms with van der Waals surface area (Å²) in [4.78, 5) is 26.4. The maximum Gasteiger partial charge on any atom is 0.303 e. The maximum atomic E-state index is 11.7. The quantitative estimate of drug-likeness (QED) is 0.797. The first-order chi connectivity index (χ1) is 8.02. The number of nitrogens with zero attached hydrogens (tertiary/aromatic N) is 2. The first-order valence-corrected chi connectivity index (χ1v) is 6.37. The van der Waals surface area contributed by atoms with Crippen LogP contribution < -0.4 is 5.56 Å². The van der Waals surface area contributed by atoms with Crippen molar-refractivity contribution in [1.82, 2.24) is 9.55 Å². The van der Waals surface area contributed by atoms with E-state index in [9.17, 15) is 9.59 Å². The van der Waals surface area contributed by atoms with Crippen molar-refractivity contribution in [1.29, 1.82) is 0 Å². The average molecular weight is 254 g/mol. The summed E-state index contributed by atoms with van der Waals surface area (Å²) in [5.74, 6) is -0.108. The van der Waals surface area contributed by atoms with Crippen LogP contribution in [-0.4, -0.2) is 26.4 Å². The van der Waals surface area contributed by atoms with Gasteiger partial charge in [0.15, 0.2) is 5.03 Å². The summed E-state index contributed by atoms with van der Waals surface area (Å²) in [6.45, 7) is 0. The molecule has 1 fully saturated rings. The molecule has 1 aliphatic rings. The molecule has 0 unspecified atom stereocenters. The van der Waals surface area contributed by atoms with Gasteiger partial charge in [-0.3, -0.25) is 9.59 Å². The number of carboxylic acid groups (broad SMARTS) is 1. The van der Waals surface area contributed by atoms with E-state index in [2.05, 4.69) is 4.98 Å². The molecule has 1 aromatic rings. The lowest BCUT2D eigenvalue weighted by atomic mass is 10.1. The number of aryl methyl sites for hydroxylation is 1. The molecule has 0 amide bonds. The van der Waals surface area contributed by atoms with Gasteiger partial charge in [0.25, 0.3) is 5.56 Å². The number of thioether (sulfide) groups is 1. The number of rotatable bonds is 5. The van der Waals surface area contributed by atoms with E-state index in [0.29, 0.717) is 10.8 Å². The van der Waals surface area contributed by atoms with Gasteiger partial charge in [-0.1, -0.05) is 0 Å². The largest absolute Gasteiger partial charge is 0.481 e. The molecule has 5 nitrogen and oxygen atoms in total. The molecule has 6 heteroatoms. The molecule has 0 atom stereocenters. The predicted molar refractivity (Wildman–Crippen MR) is 64.1 cm³/mol. The second-order valence-electron chi connectivity index (χ2n) is 4.51. The van der Waals surface area contributed by atoms with E-state index in [-0.39, 0.29) is 17.4 Å². The molecule has 0 saturated heterocycles. The van der Waals surface area contributed by atoms with Crippen LogP contribution >= 0.6 is 11.8 Å². The normalized spacial score (nSPS) is 16.8. The van der Waals surface area contributed by atoms with Crippen LogP contribution in [0.25, 0.3) is 0 Å². The van der Waals surface area contributed by atoms with Crippen molar-refractivity contribution in [3.8, 4) is 0 Å². The van der Waals surface area contributed by atoms with Gasteiger partial charge < -0.3 is 9.67 Å². The molecule has 1 aromatic heterocycles. The number of aliphatic carboxylic acids is 1. The van der Waals surface area contributed by atoms with E-state index in [0.717, 1.165) is 12.8 Å². The Morgan fingerprint density at radius 1 is 1.65 bits per heavy atom. The lowest BCUT2D eigenvalue weighted by molar-refractivity contribution is -0.138. The number of hydrogen-bond acceptors (Lipinski definition) is 4. The van der Waals surface area contributed by atoms with Crippen LogP contribution in [0.4, 0.5) is 0 Å². The smallest absolute Gasteiger partial charge is 0.303 e. The Balaban J connectivity index is 2.01. The maximum absolute atomic E-state index is 11.7. The fraction of sp³-hybridized carbons (Fsp3) is 0.545. The topological polar surface area (TPSA) is 72.2 Å². The first kappa shape index (κ1) is 12.2. The van der Waals surface area contributed by atoms with Crippen LogP contribution in [0.3, 0.4) is 0 Å². The van der Waals surface area contributed by atoms with E-state index in [1.165, 1.54) is 16.3 Å². The van der Waals surface area contributed by atoms with Crippen molar-refractivity contribution < 1.29 is 9.90 Å². The first-order valence-electron chi connectivity index (χ1n) is 5.39. The lowest BCUT2D eigenvalue weighted by Crippen LogP contribution is -2.20. The molecule has 0 aliphatic heterocycles. The highest BCUT2D eigenvalue weighted by molar-refractivity contribution is 7.99. The van der Waals surface area contributed by atoms with Crippen molar-refractivity contribution in [2.24, 2.45) is 12.5 Å². The van der Waals surface area contributed by atoms with Crippen LogP contribution in [0.1, 0.15) is 19.3 Å². The second kappa shape index (κ2) is 4.52. The summed E-state index contributed by atoms with van der Waals surface area (Å²) >= 11 is 1.36. The summed E-state index contributed by atoms with van der Waals surface area (Å²) in [7, 11) is 1.68. The van der Waals surface area contributed by atoms with Gasteiger partial charge in [-0.25, -0.2) is 4.98 Å². The Labute approximate surface area is 103 Å². The molecular formula is C11H14N2O3S. The molecule has 0 radical (unpaired) electrons. The molecule has 92 valence electrons. The fourth-order valence-electron chi connectivity index (χ4n) is 1.66. The minimum Gasteiger partial charge on any atom is -0.481 e. The van der Waals surface area contributed by atoms with E-state index in [1.807, 2.05) is 0 Å². The van der Waals surface area contributed by atoms with E-state index >= 15 is 0 Å². The van der Waals surface area contributed by atoms with Crippen molar-refractivity contribution in [3.05, 3.63) is 22.7 Å². The van der Waals surface area contributed by atoms with E-state index < -0.39 is 5.97 Å². The van der Waals surface area contributed by atoms with Gasteiger partial charge in [-0.05, 0) is 18.3 Å². The van der Waals surface area contributed by atoms with Gasteiger partial charge in [0, 0.05) is 25.2 Å². The zero-order valence-electron chi connectivity index (χ0n) is 9.55. The van der Waals surface area contributed by atoms with Crippen molar-refractivity contribution in [3.63, 3.8) is 0 Å². The molecule has 1 saturated carbocycles. The standard InChI is InChI=1S/C11H14N2O3S/c1-13-5-4-12-9(10(13)16)17-7-11(2-3-11)6-8(14)15/h4-5H,2-3,6-7H2,1H3,(H,14,15). The van der Waals surface area contributed by atoms with Gasteiger partial charge in [-0.15, -0.1) is 11.8 Å². The third-order valence-corrected chi connectivity index (χ3v) is 4.29. The van der Waals surface area contributed by atoms with E-state index in [4.69, 9.17) is 5.11 Å². The molecule has 0 bridgehead atoms. The third-order valence-electron chi connectivity index (χ3n) is 2.98. The van der Waals surface area contributed by atoms with Crippen molar-refractivity contribution in [2.75, 3.05) is 5.75 Å². The van der Waals surface area contributed by atoms with Gasteiger partial charge in [0.1, 0.15) is 0 Å². The van der Waals surface area contributed by atoms with Crippen LogP contribution in [-0.2, 0) is 11.8 Å². The lowest BCUT2D eigenvalue weighted by Gasteiger charge is -2.10. The van der Waals surface area contributed by atoms with Gasteiger partial charge in [0.05, 0.1) is 6.42 Å². The molecule has 0 aromatic carbocycles. The van der Waals surface area contributed by atoms with Gasteiger partial charge in [-0.2, -0.15) is 0 Å². The summed E-state index contributed by atoms with van der Waals surface area (Å²) in [5, 5.41) is 9.24. The Kier molecular flexibility index (Phi) is 3.24. The number of aromatic nitrogens is 2. The zero-order valence-corrected chi connectivity index (χ0v) is 10.4. The Morgan fingerprint density at radius 3 is 2.94 bits per heavy atom. The van der Waals surface area contributed by atoms with Gasteiger partial charge >= 0.3 is 5.97 Å². The Hall–Kier alpha value is -1.30. The molecular weight excluding hydrogens is 240 g/mol. The Morgan fingerprint density at radius 2 is 2.35 bits per heavy atom. The highest BCUT2D eigenvalue weighted by Gasteiger charge is 2.44. The van der Waals surface area contributed by atoms with Crippen LogP contribution in [0.2, 0.25) is 0 Å². The van der Waals surface area contributed by atoms with Crippen LogP contribution in [0.15, 0.2) is 22.2 Å². The summed E-state index contributed by atoms with van der Waals surface area (Å²) in [6, 6.07) is 0. The third kappa shape index (κ3) is 2.88. The monoisotopic (exact) mass is 254 g/mol. The average Bonchev–Trinajstić information content (AvgIpc) is 3.00. The minimum atomic E-state index is -0.767. The molecule has 1 aliphatic carbocycles. The highest BCUT2D eigenvalue weighted by atomic mass is 32.2. The van der Waals surface area contributed by atoms with E-state index in [1.54, 1.807) is 19.4 Å². The summed E-state index contributed by atoms with van der Waals surface area (Å²) in [5.41, 5.74) is -0.234. The minimum absolute atomic E-state index is 0.112. The van der Waals surface area contributed by atoms with Crippen LogP contribution in [0.5, 0.6) is 0 Å². The number of carbonyl (C=O) groups is 1. The van der Waals surface area contributed by atoms with Crippen LogP contribution in [0, 0.1) is 5.41 Å². The highest BCUT2D eigenvalue weighted by Crippen LogP contribution is 2.51. The molecule has 2 rings (SSSR count). The zero-order chi connectivity index (χ0) is 12.5. The summed E-state index contributed by atoms with van der Waals surface area (Å²) < 4.78 is 1.48. The molecule has 0 spiro atoms. The number of carboxylic acids is 1. The molecule has 1 heterocycles. The summed E-state index contributed by atoms with van der Waals surface area (Å²) in [6.07, 6.45) is 5.24. The predicted octanol–water partition coefficient (Wildman–Crippen LogP) is 1.13. The van der Waals surface area contributed by atoms with Gasteiger partial charge in [0.2, 0.25) is 0 Å². The number of hydrogen-bond donors (Lipinski definition) is 1.